The molecule has 0 nitrogen and oxygen atoms in total. The van der Waals surface area contributed by atoms with Crippen molar-refractivity contribution >= 4 is 31.9 Å². The van der Waals surface area contributed by atoms with Crippen LogP contribution in [0.4, 0.5) is 0 Å². The number of rotatable bonds is 0. The van der Waals surface area contributed by atoms with Crippen molar-refractivity contribution in [1.82, 2.24) is 0 Å². The van der Waals surface area contributed by atoms with Crippen LogP contribution in [0.25, 0.3) is 0 Å². The molecule has 0 saturated carbocycles. The molecule has 10 heavy (non-hydrogen) atoms. The van der Waals surface area contributed by atoms with Crippen LogP contribution in [0.3, 0.4) is 0 Å². The zero-order valence-corrected chi connectivity index (χ0v) is 8.55. The van der Waals surface area contributed by atoms with Gasteiger partial charge in [0.05, 0.1) is 0 Å². The normalized spacial score (nSPS) is 31.8. The maximum Gasteiger partial charge on any atom is 0.0488 e. The SMILES string of the molecule is Br[C@@H]1C=CC=CC=C[C@H]1Br. The van der Waals surface area contributed by atoms with E-state index < -0.39 is 0 Å². The van der Waals surface area contributed by atoms with Crippen LogP contribution in [0.1, 0.15) is 0 Å². The van der Waals surface area contributed by atoms with Gasteiger partial charge in [-0.15, -0.1) is 0 Å². The minimum absolute atomic E-state index is 0.397. The van der Waals surface area contributed by atoms with Crippen molar-refractivity contribution in [3.8, 4) is 0 Å². The molecule has 0 spiro atoms. The lowest BCUT2D eigenvalue weighted by Gasteiger charge is -2.07. The van der Waals surface area contributed by atoms with Gasteiger partial charge in [-0.3, -0.25) is 0 Å². The summed E-state index contributed by atoms with van der Waals surface area (Å²) in [5.41, 5.74) is 0. The van der Waals surface area contributed by atoms with Gasteiger partial charge in [0, 0.05) is 9.65 Å². The largest absolute Gasteiger partial charge is 0.0830 e. The summed E-state index contributed by atoms with van der Waals surface area (Å²) in [5, 5.41) is 0. The van der Waals surface area contributed by atoms with Gasteiger partial charge < -0.3 is 0 Å². The van der Waals surface area contributed by atoms with Crippen LogP contribution in [0, 0.1) is 0 Å². The fourth-order valence-corrected chi connectivity index (χ4v) is 1.39. The molecule has 2 atom stereocenters. The Hall–Kier alpha value is 0.180. The molecule has 0 fully saturated rings. The highest BCUT2D eigenvalue weighted by atomic mass is 79.9. The Morgan fingerprint density at radius 3 is 1.50 bits per heavy atom. The first-order chi connectivity index (χ1) is 4.80. The molecule has 0 aromatic heterocycles. The van der Waals surface area contributed by atoms with Gasteiger partial charge in [0.1, 0.15) is 0 Å². The Kier molecular flexibility index (Phi) is 3.43. The van der Waals surface area contributed by atoms with Crippen LogP contribution in [0.5, 0.6) is 0 Å². The average Bonchev–Trinajstić information content (AvgIpc) is 1.92. The molecule has 0 radical (unpaired) electrons. The van der Waals surface area contributed by atoms with Crippen molar-refractivity contribution in [2.24, 2.45) is 0 Å². The van der Waals surface area contributed by atoms with E-state index in [0.717, 1.165) is 0 Å². The third-order valence-electron chi connectivity index (χ3n) is 1.23. The summed E-state index contributed by atoms with van der Waals surface area (Å²) in [6.07, 6.45) is 12.3. The van der Waals surface area contributed by atoms with Crippen LogP contribution in [0.15, 0.2) is 36.5 Å². The lowest BCUT2D eigenvalue weighted by atomic mass is 10.2. The second-order valence-corrected chi connectivity index (χ2v) is 4.16. The maximum absolute atomic E-state index is 3.52. The fourth-order valence-electron chi connectivity index (χ4n) is 0.681. The third-order valence-corrected chi connectivity index (χ3v) is 3.69. The third kappa shape index (κ3) is 2.43. The van der Waals surface area contributed by atoms with E-state index in [-0.39, 0.29) is 0 Å². The molecule has 0 aromatic rings. The highest BCUT2D eigenvalue weighted by Gasteiger charge is 2.08. The van der Waals surface area contributed by atoms with Gasteiger partial charge in [-0.05, 0) is 0 Å². The van der Waals surface area contributed by atoms with Crippen LogP contribution in [-0.4, -0.2) is 9.65 Å². The molecule has 2 heteroatoms. The lowest BCUT2D eigenvalue weighted by molar-refractivity contribution is 1.13. The van der Waals surface area contributed by atoms with E-state index in [1.807, 2.05) is 24.3 Å². The van der Waals surface area contributed by atoms with Crippen molar-refractivity contribution in [3.63, 3.8) is 0 Å². The molecule has 0 aliphatic heterocycles. The topological polar surface area (TPSA) is 0 Å². The average molecular weight is 264 g/mol. The van der Waals surface area contributed by atoms with Gasteiger partial charge in [-0.25, -0.2) is 0 Å². The molecule has 1 rings (SSSR count). The molecular weight excluding hydrogens is 256 g/mol. The van der Waals surface area contributed by atoms with Crippen molar-refractivity contribution in [2.75, 3.05) is 0 Å². The Balaban J connectivity index is 2.71. The van der Waals surface area contributed by atoms with Gasteiger partial charge in [-0.1, -0.05) is 68.3 Å². The minimum Gasteiger partial charge on any atom is -0.0830 e. The Morgan fingerprint density at radius 1 is 0.700 bits per heavy atom. The second-order valence-electron chi connectivity index (χ2n) is 2.04. The highest BCUT2D eigenvalue weighted by Crippen LogP contribution is 2.17. The molecule has 0 aromatic carbocycles. The van der Waals surface area contributed by atoms with Gasteiger partial charge in [0.2, 0.25) is 0 Å². The first-order valence-electron chi connectivity index (χ1n) is 3.10. The van der Waals surface area contributed by atoms with Gasteiger partial charge >= 0.3 is 0 Å². The smallest absolute Gasteiger partial charge is 0.0488 e. The molecule has 0 unspecified atom stereocenters. The molecule has 0 bridgehead atoms. The fraction of sp³-hybridized carbons (Fsp3) is 0.250. The van der Waals surface area contributed by atoms with E-state index in [9.17, 15) is 0 Å². The van der Waals surface area contributed by atoms with Crippen molar-refractivity contribution in [1.29, 1.82) is 0 Å². The van der Waals surface area contributed by atoms with Gasteiger partial charge in [0.25, 0.3) is 0 Å². The van der Waals surface area contributed by atoms with Crippen molar-refractivity contribution in [3.05, 3.63) is 36.5 Å². The Morgan fingerprint density at radius 2 is 1.10 bits per heavy atom. The minimum atomic E-state index is 0.397. The molecule has 0 amide bonds. The van der Waals surface area contributed by atoms with Crippen LogP contribution in [-0.2, 0) is 0 Å². The zero-order chi connectivity index (χ0) is 7.40. The quantitative estimate of drug-likeness (QED) is 0.589. The second kappa shape index (κ2) is 4.14. The summed E-state index contributed by atoms with van der Waals surface area (Å²) >= 11 is 7.04. The summed E-state index contributed by atoms with van der Waals surface area (Å²) in [5.74, 6) is 0. The summed E-state index contributed by atoms with van der Waals surface area (Å²) in [7, 11) is 0. The number of allylic oxidation sites excluding steroid dienone is 6. The van der Waals surface area contributed by atoms with Crippen LogP contribution in [0.2, 0.25) is 0 Å². The first kappa shape index (κ1) is 8.28. The van der Waals surface area contributed by atoms with Crippen LogP contribution < -0.4 is 0 Å². The summed E-state index contributed by atoms with van der Waals surface area (Å²) in [6.45, 7) is 0. The monoisotopic (exact) mass is 262 g/mol. The Labute approximate surface area is 78.0 Å². The predicted octanol–water partition coefficient (Wildman–Crippen LogP) is 3.20. The number of hydrogen-bond donors (Lipinski definition) is 0. The number of alkyl halides is 2. The van der Waals surface area contributed by atoms with E-state index >= 15 is 0 Å². The highest BCUT2D eigenvalue weighted by molar-refractivity contribution is 9.12. The zero-order valence-electron chi connectivity index (χ0n) is 5.37. The van der Waals surface area contributed by atoms with E-state index in [4.69, 9.17) is 0 Å². The van der Waals surface area contributed by atoms with Gasteiger partial charge in [0.15, 0.2) is 0 Å². The molecule has 0 heterocycles. The summed E-state index contributed by atoms with van der Waals surface area (Å²) < 4.78 is 0. The molecule has 1 aliphatic rings. The maximum atomic E-state index is 3.52. The van der Waals surface area contributed by atoms with Crippen molar-refractivity contribution in [2.45, 2.75) is 9.65 Å². The van der Waals surface area contributed by atoms with Gasteiger partial charge in [-0.2, -0.15) is 0 Å². The molecular formula is C8H8Br2. The predicted molar refractivity (Wildman–Crippen MR) is 52.9 cm³/mol. The van der Waals surface area contributed by atoms with E-state index in [1.165, 1.54) is 0 Å². The summed E-state index contributed by atoms with van der Waals surface area (Å²) in [4.78, 5) is 0.794. The first-order valence-corrected chi connectivity index (χ1v) is 4.93. The van der Waals surface area contributed by atoms with Crippen LogP contribution >= 0.6 is 31.9 Å². The summed E-state index contributed by atoms with van der Waals surface area (Å²) in [6, 6.07) is 0. The number of hydrogen-bond acceptors (Lipinski definition) is 0. The lowest BCUT2D eigenvalue weighted by Crippen LogP contribution is -2.07. The van der Waals surface area contributed by atoms with Crippen molar-refractivity contribution < 1.29 is 0 Å². The molecule has 0 N–H and O–H groups in total. The van der Waals surface area contributed by atoms with E-state index in [1.54, 1.807) is 0 Å². The number of halogens is 2. The Bertz CT molecular complexity index is 160. The molecule has 54 valence electrons. The molecule has 0 saturated heterocycles. The molecule has 1 aliphatic carbocycles. The van der Waals surface area contributed by atoms with E-state index in [0.29, 0.717) is 9.65 Å². The standard InChI is InChI=1S/C8H8Br2/c9-7-5-3-1-2-4-6-8(7)10/h1-8H/t7-,8-/m1/s1. The van der Waals surface area contributed by atoms with E-state index in [2.05, 4.69) is 44.0 Å².